The molecule has 2 rings (SSSR count). The number of carboxylic acid groups (broad SMARTS) is 2. The predicted octanol–water partition coefficient (Wildman–Crippen LogP) is -0.814. The second-order valence-corrected chi connectivity index (χ2v) is 3.32. The van der Waals surface area contributed by atoms with E-state index in [4.69, 9.17) is 0 Å². The fraction of sp³-hybridized carbons (Fsp3) is 0. The van der Waals surface area contributed by atoms with E-state index in [1.165, 1.54) is 12.1 Å². The zero-order chi connectivity index (χ0) is 11.7. The van der Waals surface area contributed by atoms with E-state index in [1.54, 1.807) is 24.3 Å². The molecule has 0 heterocycles. The van der Waals surface area contributed by atoms with Crippen LogP contribution in [-0.4, -0.2) is 49.7 Å². The normalized spacial score (nSPS) is 9.65. The molecule has 0 bridgehead atoms. The van der Waals surface area contributed by atoms with Crippen LogP contribution in [0.2, 0.25) is 0 Å². The van der Waals surface area contributed by atoms with Gasteiger partial charge in [0.25, 0.3) is 0 Å². The van der Waals surface area contributed by atoms with Gasteiger partial charge in [0.1, 0.15) is 0 Å². The largest absolute Gasteiger partial charge is 2.00 e. The Hall–Kier alpha value is -1.10. The SMILES string of the molecule is O=C([O-])c1cc2ccccc2cc1C(=O)[O-].[Ca+2]. The Labute approximate surface area is 127 Å². The van der Waals surface area contributed by atoms with E-state index < -0.39 is 11.9 Å². The van der Waals surface area contributed by atoms with Gasteiger partial charge in [-0.1, -0.05) is 24.3 Å². The van der Waals surface area contributed by atoms with Crippen LogP contribution in [0.25, 0.3) is 10.8 Å². The number of benzene rings is 2. The maximum atomic E-state index is 10.8. The van der Waals surface area contributed by atoms with Crippen LogP contribution in [0.15, 0.2) is 36.4 Å². The molecule has 0 saturated heterocycles. The van der Waals surface area contributed by atoms with Gasteiger partial charge in [-0.05, 0) is 22.9 Å². The summed E-state index contributed by atoms with van der Waals surface area (Å²) in [6.45, 7) is 0. The van der Waals surface area contributed by atoms with Crippen LogP contribution >= 0.6 is 0 Å². The Morgan fingerprint density at radius 2 is 1.18 bits per heavy atom. The number of carboxylic acids is 2. The van der Waals surface area contributed by atoms with Gasteiger partial charge in [-0.15, -0.1) is 0 Å². The maximum absolute atomic E-state index is 10.8. The van der Waals surface area contributed by atoms with Gasteiger partial charge in [0.05, 0.1) is 11.9 Å². The number of hydrogen-bond donors (Lipinski definition) is 0. The Kier molecular flexibility index (Phi) is 4.51. The van der Waals surface area contributed by atoms with Gasteiger partial charge in [0.2, 0.25) is 0 Å². The van der Waals surface area contributed by atoms with Gasteiger partial charge in [-0.25, -0.2) is 0 Å². The van der Waals surface area contributed by atoms with Crippen molar-refractivity contribution in [2.75, 3.05) is 0 Å². The molecular weight excluding hydrogens is 248 g/mol. The molecule has 0 atom stereocenters. The molecule has 5 heteroatoms. The smallest absolute Gasteiger partial charge is 0.545 e. The average Bonchev–Trinajstić information content (AvgIpc) is 2.27. The fourth-order valence-corrected chi connectivity index (χ4v) is 1.58. The van der Waals surface area contributed by atoms with E-state index in [2.05, 4.69) is 0 Å². The molecule has 0 N–H and O–H groups in total. The summed E-state index contributed by atoms with van der Waals surface area (Å²) >= 11 is 0. The van der Waals surface area contributed by atoms with Crippen molar-refractivity contribution in [2.24, 2.45) is 0 Å². The van der Waals surface area contributed by atoms with Crippen LogP contribution in [0.1, 0.15) is 20.7 Å². The third kappa shape index (κ3) is 2.77. The van der Waals surface area contributed by atoms with Gasteiger partial charge in [0.15, 0.2) is 0 Å². The second-order valence-electron chi connectivity index (χ2n) is 3.32. The van der Waals surface area contributed by atoms with E-state index in [0.29, 0.717) is 10.8 Å². The summed E-state index contributed by atoms with van der Waals surface area (Å²) in [5.74, 6) is -3.05. The number of hydrogen-bond acceptors (Lipinski definition) is 4. The van der Waals surface area contributed by atoms with Crippen LogP contribution in [0.4, 0.5) is 0 Å². The van der Waals surface area contributed by atoms with E-state index in [-0.39, 0.29) is 48.9 Å². The van der Waals surface area contributed by atoms with Gasteiger partial charge in [-0.3, -0.25) is 0 Å². The number of rotatable bonds is 2. The Bertz CT molecular complexity index is 540. The van der Waals surface area contributed by atoms with Gasteiger partial charge >= 0.3 is 37.7 Å². The first-order chi connectivity index (χ1) is 7.59. The molecule has 17 heavy (non-hydrogen) atoms. The quantitative estimate of drug-likeness (QED) is 0.656. The van der Waals surface area contributed by atoms with E-state index in [9.17, 15) is 19.8 Å². The summed E-state index contributed by atoms with van der Waals surface area (Å²) in [5.41, 5.74) is -0.725. The van der Waals surface area contributed by atoms with Crippen molar-refractivity contribution < 1.29 is 19.8 Å². The predicted molar refractivity (Wildman–Crippen MR) is 58.4 cm³/mol. The summed E-state index contributed by atoms with van der Waals surface area (Å²) in [5, 5.41) is 22.8. The Morgan fingerprint density at radius 1 is 0.824 bits per heavy atom. The molecule has 0 unspecified atom stereocenters. The van der Waals surface area contributed by atoms with Crippen molar-refractivity contribution in [1.82, 2.24) is 0 Å². The van der Waals surface area contributed by atoms with Crippen LogP contribution in [0.3, 0.4) is 0 Å². The third-order valence-electron chi connectivity index (χ3n) is 2.33. The van der Waals surface area contributed by atoms with E-state index in [1.807, 2.05) is 0 Å². The molecule has 2 aromatic carbocycles. The molecule has 0 aliphatic heterocycles. The summed E-state index contributed by atoms with van der Waals surface area (Å²) in [7, 11) is 0. The van der Waals surface area contributed by atoms with E-state index in [0.717, 1.165) is 0 Å². The minimum atomic E-state index is -1.52. The molecule has 0 aromatic heterocycles. The van der Waals surface area contributed by atoms with Gasteiger partial charge in [-0.2, -0.15) is 0 Å². The van der Waals surface area contributed by atoms with Crippen molar-refractivity contribution in [3.63, 3.8) is 0 Å². The molecule has 0 saturated carbocycles. The summed E-state index contributed by atoms with van der Waals surface area (Å²) in [6, 6.07) is 9.41. The van der Waals surface area contributed by atoms with Gasteiger partial charge < -0.3 is 19.8 Å². The minimum Gasteiger partial charge on any atom is -0.545 e. The molecule has 0 spiro atoms. The first-order valence-corrected chi connectivity index (χ1v) is 4.55. The standard InChI is InChI=1S/C12H8O4.Ca/c13-11(14)9-5-7-3-1-2-4-8(7)6-10(9)12(15)16;/h1-6H,(H,13,14)(H,15,16);/q;+2/p-2. The third-order valence-corrected chi connectivity index (χ3v) is 2.33. The van der Waals surface area contributed by atoms with Crippen molar-refractivity contribution in [3.8, 4) is 0 Å². The van der Waals surface area contributed by atoms with E-state index >= 15 is 0 Å². The first-order valence-electron chi connectivity index (χ1n) is 4.55. The number of carbonyl (C=O) groups is 2. The number of fused-ring (bicyclic) bond motifs is 1. The maximum Gasteiger partial charge on any atom is 2.00 e. The number of carbonyl (C=O) groups excluding carboxylic acids is 2. The second kappa shape index (κ2) is 5.49. The van der Waals surface area contributed by atoms with Crippen LogP contribution in [-0.2, 0) is 0 Å². The minimum absolute atomic E-state index is 0. The zero-order valence-electron chi connectivity index (χ0n) is 8.80. The van der Waals surface area contributed by atoms with Gasteiger partial charge in [0, 0.05) is 11.1 Å². The molecule has 2 aromatic rings. The molecular formula is C12H6CaO4. The molecule has 80 valence electrons. The fourth-order valence-electron chi connectivity index (χ4n) is 1.58. The monoisotopic (exact) mass is 254 g/mol. The topological polar surface area (TPSA) is 80.3 Å². The van der Waals surface area contributed by atoms with Crippen molar-refractivity contribution in [1.29, 1.82) is 0 Å². The molecule has 0 aliphatic rings. The molecule has 0 radical (unpaired) electrons. The van der Waals surface area contributed by atoms with Crippen molar-refractivity contribution >= 4 is 60.4 Å². The van der Waals surface area contributed by atoms with Crippen molar-refractivity contribution in [2.45, 2.75) is 0 Å². The van der Waals surface area contributed by atoms with Crippen LogP contribution in [0.5, 0.6) is 0 Å². The first kappa shape index (κ1) is 14.0. The Morgan fingerprint density at radius 3 is 1.47 bits per heavy atom. The molecule has 0 aliphatic carbocycles. The van der Waals surface area contributed by atoms with Crippen LogP contribution in [0, 0.1) is 0 Å². The molecule has 0 fully saturated rings. The number of aromatic carboxylic acids is 2. The summed E-state index contributed by atoms with van der Waals surface area (Å²) in [6.07, 6.45) is 0. The summed E-state index contributed by atoms with van der Waals surface area (Å²) < 4.78 is 0. The molecule has 0 amide bonds. The zero-order valence-corrected chi connectivity index (χ0v) is 11.0. The van der Waals surface area contributed by atoms with Crippen molar-refractivity contribution in [3.05, 3.63) is 47.5 Å². The average molecular weight is 254 g/mol. The Balaban J connectivity index is 0.00000144. The van der Waals surface area contributed by atoms with Crippen LogP contribution < -0.4 is 10.2 Å². The molecule has 4 nitrogen and oxygen atoms in total. The summed E-state index contributed by atoms with van der Waals surface area (Å²) in [4.78, 5) is 21.5.